The molecule has 0 N–H and O–H groups in total. The molecule has 2 aromatic carbocycles. The summed E-state index contributed by atoms with van der Waals surface area (Å²) < 4.78 is 20.8. The third-order valence-corrected chi connectivity index (χ3v) is 9.84. The van der Waals surface area contributed by atoms with Crippen molar-refractivity contribution in [2.24, 2.45) is 0 Å². The van der Waals surface area contributed by atoms with Crippen LogP contribution in [-0.2, 0) is 0 Å². The van der Waals surface area contributed by atoms with E-state index in [0.717, 1.165) is 26.9 Å². The first-order chi connectivity index (χ1) is 10.5. The lowest BCUT2D eigenvalue weighted by molar-refractivity contribution is 0.492. The van der Waals surface area contributed by atoms with Gasteiger partial charge in [0.25, 0.3) is 0 Å². The Balaban J connectivity index is 2.31. The molecule has 0 unspecified atom stereocenters. The Morgan fingerprint density at radius 3 is 2.13 bits per heavy atom. The monoisotopic (exact) mass is 394 g/mol. The Morgan fingerprint density at radius 1 is 1.04 bits per heavy atom. The van der Waals surface area contributed by atoms with Crippen molar-refractivity contribution >= 4 is 24.2 Å². The van der Waals surface area contributed by atoms with Crippen molar-refractivity contribution in [2.45, 2.75) is 45.8 Å². The molecule has 0 amide bonds. The van der Waals surface area contributed by atoms with E-state index in [-0.39, 0.29) is 10.9 Å². The van der Waals surface area contributed by atoms with Crippen LogP contribution in [0.25, 0.3) is 11.1 Å². The van der Waals surface area contributed by atoms with Crippen molar-refractivity contribution in [3.63, 3.8) is 0 Å². The van der Waals surface area contributed by atoms with Crippen LogP contribution in [0.15, 0.2) is 40.9 Å². The van der Waals surface area contributed by atoms with Gasteiger partial charge in [0.05, 0.1) is 0 Å². The van der Waals surface area contributed by atoms with Crippen LogP contribution in [0.1, 0.15) is 26.3 Å². The van der Waals surface area contributed by atoms with Crippen LogP contribution in [0.5, 0.6) is 5.75 Å². The molecule has 2 aromatic rings. The van der Waals surface area contributed by atoms with E-state index in [9.17, 15) is 4.39 Å². The first-order valence-corrected chi connectivity index (χ1v) is 11.5. The molecule has 0 saturated heterocycles. The molecule has 0 bridgehead atoms. The third-order valence-electron chi connectivity index (χ3n) is 4.65. The van der Waals surface area contributed by atoms with Crippen LogP contribution >= 0.6 is 15.9 Å². The number of halogens is 2. The number of hydrogen-bond donors (Lipinski definition) is 0. The Kier molecular flexibility index (Phi) is 5.07. The summed E-state index contributed by atoms with van der Waals surface area (Å²) in [5.74, 6) is 0.646. The third kappa shape index (κ3) is 4.04. The highest BCUT2D eigenvalue weighted by molar-refractivity contribution is 9.10. The molecule has 0 spiro atoms. The van der Waals surface area contributed by atoms with Gasteiger partial charge in [0, 0.05) is 4.47 Å². The Bertz CT molecular complexity index is 703. The summed E-state index contributed by atoms with van der Waals surface area (Å²) in [4.78, 5) is 0. The highest BCUT2D eigenvalue weighted by atomic mass is 79.9. The Hall–Kier alpha value is -1.13. The fourth-order valence-corrected chi connectivity index (χ4v) is 3.56. The van der Waals surface area contributed by atoms with Gasteiger partial charge in [0.15, 0.2) is 0 Å². The quantitative estimate of drug-likeness (QED) is 0.511. The van der Waals surface area contributed by atoms with Crippen molar-refractivity contribution < 1.29 is 8.82 Å². The minimum Gasteiger partial charge on any atom is -0.544 e. The van der Waals surface area contributed by atoms with Crippen molar-refractivity contribution in [3.05, 3.63) is 52.3 Å². The van der Waals surface area contributed by atoms with Gasteiger partial charge in [-0.3, -0.25) is 0 Å². The highest BCUT2D eigenvalue weighted by Crippen LogP contribution is 2.38. The van der Waals surface area contributed by atoms with E-state index >= 15 is 0 Å². The SMILES string of the molecule is Cc1c(Br)cc(F)cc1-c1ccc(O[Si](C)(C)C(C)(C)C)cc1. The van der Waals surface area contributed by atoms with Crippen molar-refractivity contribution in [1.82, 2.24) is 0 Å². The van der Waals surface area contributed by atoms with Crippen LogP contribution in [0.3, 0.4) is 0 Å². The van der Waals surface area contributed by atoms with Gasteiger partial charge in [0.1, 0.15) is 11.6 Å². The summed E-state index contributed by atoms with van der Waals surface area (Å²) in [6, 6.07) is 11.0. The van der Waals surface area contributed by atoms with Gasteiger partial charge < -0.3 is 4.43 Å². The summed E-state index contributed by atoms with van der Waals surface area (Å²) in [5.41, 5.74) is 2.92. The molecule has 0 aromatic heterocycles. The summed E-state index contributed by atoms with van der Waals surface area (Å²) in [6.45, 7) is 13.1. The lowest BCUT2D eigenvalue weighted by Crippen LogP contribution is -2.43. The molecule has 2 rings (SSSR count). The van der Waals surface area contributed by atoms with E-state index < -0.39 is 8.32 Å². The van der Waals surface area contributed by atoms with E-state index in [1.807, 2.05) is 31.2 Å². The molecular weight excluding hydrogens is 371 g/mol. The largest absolute Gasteiger partial charge is 0.544 e. The fourth-order valence-electron chi connectivity index (χ4n) is 2.10. The maximum absolute atomic E-state index is 13.7. The minimum absolute atomic E-state index is 0.162. The summed E-state index contributed by atoms with van der Waals surface area (Å²) in [6.07, 6.45) is 0. The maximum atomic E-state index is 13.7. The van der Waals surface area contributed by atoms with Gasteiger partial charge in [0.2, 0.25) is 8.32 Å². The van der Waals surface area contributed by atoms with Gasteiger partial charge in [-0.05, 0) is 66.0 Å². The van der Waals surface area contributed by atoms with E-state index in [4.69, 9.17) is 4.43 Å². The van der Waals surface area contributed by atoms with Crippen LogP contribution in [0.2, 0.25) is 18.1 Å². The van der Waals surface area contributed by atoms with Gasteiger partial charge in [-0.25, -0.2) is 4.39 Å². The molecule has 0 radical (unpaired) electrons. The molecule has 0 heterocycles. The van der Waals surface area contributed by atoms with Gasteiger partial charge >= 0.3 is 0 Å². The molecule has 0 aliphatic carbocycles. The highest BCUT2D eigenvalue weighted by Gasteiger charge is 2.38. The van der Waals surface area contributed by atoms with Gasteiger partial charge in [-0.15, -0.1) is 0 Å². The van der Waals surface area contributed by atoms with Crippen molar-refractivity contribution in [3.8, 4) is 16.9 Å². The first kappa shape index (κ1) is 18.2. The van der Waals surface area contributed by atoms with Crippen LogP contribution in [0.4, 0.5) is 4.39 Å². The predicted molar refractivity (Wildman–Crippen MR) is 102 cm³/mol. The number of hydrogen-bond acceptors (Lipinski definition) is 1. The second kappa shape index (κ2) is 6.40. The second-order valence-electron chi connectivity index (χ2n) is 7.45. The average Bonchev–Trinajstić information content (AvgIpc) is 2.42. The standard InChI is InChI=1S/C19H24BrFOSi/c1-13-17(11-15(21)12-18(13)20)14-7-9-16(10-8-14)22-23(5,6)19(2,3)4/h7-12H,1-6H3. The minimum atomic E-state index is -1.84. The molecular formula is C19H24BrFOSi. The first-order valence-electron chi connectivity index (χ1n) is 7.76. The molecule has 23 heavy (non-hydrogen) atoms. The van der Waals surface area contributed by atoms with E-state index in [0.29, 0.717) is 0 Å². The molecule has 4 heteroatoms. The summed E-state index contributed by atoms with van der Waals surface area (Å²) in [7, 11) is -1.84. The van der Waals surface area contributed by atoms with Crippen LogP contribution in [-0.4, -0.2) is 8.32 Å². The molecule has 0 atom stereocenters. The predicted octanol–water partition coefficient (Wildman–Crippen LogP) is 6.95. The lowest BCUT2D eigenvalue weighted by atomic mass is 10.0. The average molecular weight is 395 g/mol. The zero-order valence-electron chi connectivity index (χ0n) is 14.6. The Morgan fingerprint density at radius 2 is 1.61 bits per heavy atom. The zero-order chi connectivity index (χ0) is 17.4. The van der Waals surface area contributed by atoms with Gasteiger partial charge in [-0.1, -0.05) is 48.8 Å². The molecule has 0 aliphatic rings. The fraction of sp³-hybridized carbons (Fsp3) is 0.368. The smallest absolute Gasteiger partial charge is 0.250 e. The second-order valence-corrected chi connectivity index (χ2v) is 13.0. The summed E-state index contributed by atoms with van der Waals surface area (Å²) in [5, 5.41) is 0.162. The van der Waals surface area contributed by atoms with E-state index in [1.165, 1.54) is 6.07 Å². The van der Waals surface area contributed by atoms with E-state index in [2.05, 4.69) is 49.8 Å². The number of rotatable bonds is 3. The van der Waals surface area contributed by atoms with Crippen molar-refractivity contribution in [1.29, 1.82) is 0 Å². The zero-order valence-corrected chi connectivity index (χ0v) is 17.2. The van der Waals surface area contributed by atoms with E-state index in [1.54, 1.807) is 6.07 Å². The Labute approximate surface area is 148 Å². The maximum Gasteiger partial charge on any atom is 0.250 e. The topological polar surface area (TPSA) is 9.23 Å². The van der Waals surface area contributed by atoms with Crippen molar-refractivity contribution in [2.75, 3.05) is 0 Å². The normalized spacial score (nSPS) is 12.3. The lowest BCUT2D eigenvalue weighted by Gasteiger charge is -2.36. The van der Waals surface area contributed by atoms with Crippen LogP contribution in [0, 0.1) is 12.7 Å². The van der Waals surface area contributed by atoms with Crippen LogP contribution < -0.4 is 4.43 Å². The molecule has 0 fully saturated rings. The summed E-state index contributed by atoms with van der Waals surface area (Å²) >= 11 is 3.41. The molecule has 0 aliphatic heterocycles. The van der Waals surface area contributed by atoms with Gasteiger partial charge in [-0.2, -0.15) is 0 Å². The molecule has 0 saturated carbocycles. The number of benzene rings is 2. The molecule has 124 valence electrons. The molecule has 1 nitrogen and oxygen atoms in total.